The molecule has 180 valence electrons. The molecule has 1 aliphatic heterocycles. The van der Waals surface area contributed by atoms with Crippen molar-refractivity contribution in [3.05, 3.63) is 95.8 Å². The summed E-state index contributed by atoms with van der Waals surface area (Å²) < 4.78 is 37.6. The quantitative estimate of drug-likeness (QED) is 0.528. The van der Waals surface area contributed by atoms with Crippen LogP contribution in [0.15, 0.2) is 83.8 Å². The van der Waals surface area contributed by atoms with E-state index in [2.05, 4.69) is 0 Å². The number of sulfonamides is 1. The van der Waals surface area contributed by atoms with Crippen LogP contribution < -0.4 is 10.0 Å². The van der Waals surface area contributed by atoms with Crippen LogP contribution in [0.1, 0.15) is 35.3 Å². The molecule has 0 spiro atoms. The predicted molar refractivity (Wildman–Crippen MR) is 126 cm³/mol. The highest BCUT2D eigenvalue weighted by molar-refractivity contribution is 7.89. The summed E-state index contributed by atoms with van der Waals surface area (Å²) in [4.78, 5) is 41.9. The lowest BCUT2D eigenvalue weighted by Crippen LogP contribution is -2.47. The van der Waals surface area contributed by atoms with Crippen molar-refractivity contribution in [2.45, 2.75) is 30.3 Å². The Morgan fingerprint density at radius 3 is 2.20 bits per heavy atom. The van der Waals surface area contributed by atoms with Gasteiger partial charge in [0.25, 0.3) is 11.8 Å². The highest BCUT2D eigenvalue weighted by Crippen LogP contribution is 2.33. The van der Waals surface area contributed by atoms with E-state index in [4.69, 9.17) is 5.14 Å². The van der Waals surface area contributed by atoms with E-state index in [1.807, 2.05) is 0 Å². The summed E-state index contributed by atoms with van der Waals surface area (Å²) in [6.45, 7) is 1.70. The van der Waals surface area contributed by atoms with Crippen molar-refractivity contribution in [1.82, 2.24) is 4.90 Å². The van der Waals surface area contributed by atoms with Gasteiger partial charge in [-0.1, -0.05) is 42.5 Å². The van der Waals surface area contributed by atoms with Crippen LogP contribution in [-0.2, 0) is 19.6 Å². The Morgan fingerprint density at radius 1 is 1.00 bits per heavy atom. The lowest BCUT2D eigenvalue weighted by molar-refractivity contribution is -0.123. The van der Waals surface area contributed by atoms with Gasteiger partial charge in [0.05, 0.1) is 28.6 Å². The molecule has 0 aromatic heterocycles. The van der Waals surface area contributed by atoms with Crippen LogP contribution in [0.2, 0.25) is 0 Å². The molecule has 3 amide bonds. The van der Waals surface area contributed by atoms with Gasteiger partial charge in [-0.3, -0.25) is 14.4 Å². The van der Waals surface area contributed by atoms with Crippen molar-refractivity contribution >= 4 is 33.4 Å². The summed E-state index contributed by atoms with van der Waals surface area (Å²) in [5.74, 6) is -2.72. The molecule has 8 nitrogen and oxygen atoms in total. The van der Waals surface area contributed by atoms with Gasteiger partial charge in [0.1, 0.15) is 11.9 Å². The van der Waals surface area contributed by atoms with Gasteiger partial charge >= 0.3 is 0 Å². The van der Waals surface area contributed by atoms with E-state index < -0.39 is 45.6 Å². The van der Waals surface area contributed by atoms with Crippen molar-refractivity contribution in [1.29, 1.82) is 0 Å². The standard InChI is InChI=1S/C25H22FN3O5S/c1-16(17-7-3-2-4-8-17)28(24(31)20-9-5-6-10-21(20)26)22-15-23(30)29(25(22)32)18-11-13-19(14-12-18)35(27,33)34/h2-14,16,22H,15H2,1H3,(H2,27,33,34). The number of nitrogens with two attached hydrogens (primary N) is 1. The smallest absolute Gasteiger partial charge is 0.258 e. The normalized spacial score (nSPS) is 16.9. The van der Waals surface area contributed by atoms with E-state index in [9.17, 15) is 27.2 Å². The number of nitrogens with zero attached hydrogens (tertiary/aromatic N) is 2. The Labute approximate surface area is 201 Å². The first-order chi connectivity index (χ1) is 16.6. The number of anilines is 1. The third-order valence-corrected chi connectivity index (χ3v) is 6.85. The molecule has 1 fully saturated rings. The second-order valence-corrected chi connectivity index (χ2v) is 9.67. The van der Waals surface area contributed by atoms with Crippen molar-refractivity contribution in [3.8, 4) is 0 Å². The number of hydrogen-bond acceptors (Lipinski definition) is 5. The van der Waals surface area contributed by atoms with Gasteiger partial charge in [-0.15, -0.1) is 0 Å². The second kappa shape index (κ2) is 9.40. The summed E-state index contributed by atoms with van der Waals surface area (Å²) in [5, 5.41) is 5.12. The third kappa shape index (κ3) is 4.71. The van der Waals surface area contributed by atoms with Crippen molar-refractivity contribution in [2.24, 2.45) is 5.14 Å². The molecule has 2 N–H and O–H groups in total. The highest BCUT2D eigenvalue weighted by Gasteiger charge is 2.46. The van der Waals surface area contributed by atoms with Gasteiger partial charge < -0.3 is 4.90 Å². The summed E-state index contributed by atoms with van der Waals surface area (Å²) >= 11 is 0. The molecular weight excluding hydrogens is 473 g/mol. The number of rotatable bonds is 6. The van der Waals surface area contributed by atoms with Crippen LogP contribution in [0.25, 0.3) is 0 Å². The predicted octanol–water partition coefficient (Wildman–Crippen LogP) is 3.01. The molecule has 2 unspecified atom stereocenters. The summed E-state index contributed by atoms with van der Waals surface area (Å²) in [6, 6.07) is 17.5. The van der Waals surface area contributed by atoms with Gasteiger partial charge in [-0.2, -0.15) is 0 Å². The maximum atomic E-state index is 14.5. The maximum Gasteiger partial charge on any atom is 0.258 e. The monoisotopic (exact) mass is 495 g/mol. The number of amides is 3. The minimum atomic E-state index is -3.96. The number of imide groups is 1. The molecular formula is C25H22FN3O5S. The third-order valence-electron chi connectivity index (χ3n) is 5.92. The number of halogens is 1. The van der Waals surface area contributed by atoms with E-state index >= 15 is 0 Å². The average Bonchev–Trinajstić information content (AvgIpc) is 3.12. The molecule has 3 aromatic carbocycles. The number of benzene rings is 3. The number of carbonyl (C=O) groups is 3. The molecule has 0 radical (unpaired) electrons. The zero-order valence-corrected chi connectivity index (χ0v) is 19.5. The maximum absolute atomic E-state index is 14.5. The second-order valence-electron chi connectivity index (χ2n) is 8.11. The van der Waals surface area contributed by atoms with Crippen molar-refractivity contribution in [2.75, 3.05) is 4.90 Å². The van der Waals surface area contributed by atoms with E-state index in [1.54, 1.807) is 37.3 Å². The Balaban J connectivity index is 1.73. The molecule has 1 aliphatic rings. The fourth-order valence-corrected chi connectivity index (χ4v) is 4.66. The average molecular weight is 496 g/mol. The zero-order valence-electron chi connectivity index (χ0n) is 18.7. The minimum Gasteiger partial charge on any atom is -0.319 e. The van der Waals surface area contributed by atoms with Gasteiger partial charge in [-0.05, 0) is 48.9 Å². The fourth-order valence-electron chi connectivity index (χ4n) is 4.14. The van der Waals surface area contributed by atoms with Gasteiger partial charge in [0.15, 0.2) is 0 Å². The molecule has 0 bridgehead atoms. The molecule has 1 heterocycles. The number of primary sulfonamides is 1. The van der Waals surface area contributed by atoms with E-state index in [0.717, 1.165) is 11.0 Å². The Kier molecular flexibility index (Phi) is 6.51. The van der Waals surface area contributed by atoms with E-state index in [-0.39, 0.29) is 22.6 Å². The van der Waals surface area contributed by atoms with Crippen LogP contribution in [-0.4, -0.2) is 37.1 Å². The lowest BCUT2D eigenvalue weighted by Gasteiger charge is -2.33. The largest absolute Gasteiger partial charge is 0.319 e. The van der Waals surface area contributed by atoms with E-state index in [1.165, 1.54) is 47.4 Å². The number of carbonyl (C=O) groups excluding carboxylic acids is 3. The van der Waals surface area contributed by atoms with Gasteiger partial charge in [-0.25, -0.2) is 22.8 Å². The molecule has 35 heavy (non-hydrogen) atoms. The van der Waals surface area contributed by atoms with Crippen LogP contribution in [0.4, 0.5) is 10.1 Å². The Morgan fingerprint density at radius 2 is 1.60 bits per heavy atom. The van der Waals surface area contributed by atoms with Crippen LogP contribution in [0, 0.1) is 5.82 Å². The minimum absolute atomic E-state index is 0.139. The Bertz CT molecular complexity index is 1390. The SMILES string of the molecule is CC(c1ccccc1)N(C(=O)c1ccccc1F)C1CC(=O)N(c2ccc(S(N)(=O)=O)cc2)C1=O. The molecule has 4 rings (SSSR count). The molecule has 0 aliphatic carbocycles. The summed E-state index contributed by atoms with van der Waals surface area (Å²) in [7, 11) is -3.96. The molecule has 0 saturated carbocycles. The number of hydrogen-bond donors (Lipinski definition) is 1. The highest BCUT2D eigenvalue weighted by atomic mass is 32.2. The zero-order chi connectivity index (χ0) is 25.3. The fraction of sp³-hybridized carbons (Fsp3) is 0.160. The lowest BCUT2D eigenvalue weighted by atomic mass is 10.0. The molecule has 2 atom stereocenters. The molecule has 1 saturated heterocycles. The first-order valence-electron chi connectivity index (χ1n) is 10.7. The molecule has 10 heteroatoms. The van der Waals surface area contributed by atoms with Crippen molar-refractivity contribution < 1.29 is 27.2 Å². The van der Waals surface area contributed by atoms with Crippen LogP contribution in [0.3, 0.4) is 0 Å². The Hall–Kier alpha value is -3.89. The van der Waals surface area contributed by atoms with Gasteiger partial charge in [0, 0.05) is 0 Å². The van der Waals surface area contributed by atoms with Crippen molar-refractivity contribution in [3.63, 3.8) is 0 Å². The first kappa shape index (κ1) is 24.2. The van der Waals surface area contributed by atoms with Crippen LogP contribution >= 0.6 is 0 Å². The molecule has 3 aromatic rings. The summed E-state index contributed by atoms with van der Waals surface area (Å²) in [6.07, 6.45) is -0.312. The first-order valence-corrected chi connectivity index (χ1v) is 12.3. The van der Waals surface area contributed by atoms with Crippen LogP contribution in [0.5, 0.6) is 0 Å². The topological polar surface area (TPSA) is 118 Å². The van der Waals surface area contributed by atoms with Gasteiger partial charge in [0.2, 0.25) is 15.9 Å². The van der Waals surface area contributed by atoms with E-state index in [0.29, 0.717) is 5.56 Å². The summed E-state index contributed by atoms with van der Waals surface area (Å²) in [5.41, 5.74) is 0.625.